The van der Waals surface area contributed by atoms with E-state index in [0.29, 0.717) is 12.8 Å². The fourth-order valence-corrected chi connectivity index (χ4v) is 2.19. The first kappa shape index (κ1) is 13.8. The minimum absolute atomic E-state index is 0.0936. The summed E-state index contributed by atoms with van der Waals surface area (Å²) in [5, 5.41) is 0. The highest BCUT2D eigenvalue weighted by Crippen LogP contribution is 2.28. The molecular formula is C13H12F4O2. The molecule has 0 unspecified atom stereocenters. The van der Waals surface area contributed by atoms with E-state index in [2.05, 4.69) is 4.74 Å². The van der Waals surface area contributed by atoms with Gasteiger partial charge in [-0.3, -0.25) is 4.79 Å². The van der Waals surface area contributed by atoms with E-state index in [1.165, 1.54) is 0 Å². The van der Waals surface area contributed by atoms with Gasteiger partial charge in [0.2, 0.25) is 11.6 Å². The minimum atomic E-state index is -1.63. The van der Waals surface area contributed by atoms with Crippen molar-refractivity contribution in [1.82, 2.24) is 0 Å². The molecule has 0 atom stereocenters. The molecule has 0 aliphatic heterocycles. The average Bonchev–Trinajstić information content (AvgIpc) is 2.90. The van der Waals surface area contributed by atoms with Gasteiger partial charge in [0.15, 0.2) is 23.2 Å². The van der Waals surface area contributed by atoms with E-state index in [1.807, 2.05) is 0 Å². The quantitative estimate of drug-likeness (QED) is 0.622. The standard InChI is InChI=1S/C13H12F4O2/c14-8-5-9(15)12(17)13(11(8)16)19-6-10(18)7-3-1-2-4-7/h5,7H,1-4,6H2. The Bertz CT molecular complexity index is 470. The monoisotopic (exact) mass is 276 g/mol. The Morgan fingerprint density at radius 2 is 1.63 bits per heavy atom. The molecule has 0 heterocycles. The number of carbonyl (C=O) groups excluding carboxylic acids is 1. The average molecular weight is 276 g/mol. The van der Waals surface area contributed by atoms with E-state index in [9.17, 15) is 22.4 Å². The molecule has 0 bridgehead atoms. The molecule has 6 heteroatoms. The Labute approximate surface area is 107 Å². The third-order valence-corrected chi connectivity index (χ3v) is 3.24. The van der Waals surface area contributed by atoms with Crippen LogP contribution in [0.1, 0.15) is 25.7 Å². The summed E-state index contributed by atoms with van der Waals surface area (Å²) >= 11 is 0. The van der Waals surface area contributed by atoms with Gasteiger partial charge in [-0.25, -0.2) is 8.78 Å². The number of ether oxygens (including phenoxy) is 1. The van der Waals surface area contributed by atoms with Crippen molar-refractivity contribution in [2.24, 2.45) is 5.92 Å². The van der Waals surface area contributed by atoms with Crippen molar-refractivity contribution in [1.29, 1.82) is 0 Å². The summed E-state index contributed by atoms with van der Waals surface area (Å²) in [7, 11) is 0. The van der Waals surface area contributed by atoms with Gasteiger partial charge >= 0.3 is 0 Å². The first-order valence-electron chi connectivity index (χ1n) is 5.99. The number of Topliss-reactive ketones (excluding diaryl/α,β-unsaturated/α-hetero) is 1. The molecule has 0 aromatic heterocycles. The van der Waals surface area contributed by atoms with Crippen LogP contribution in [0.5, 0.6) is 5.75 Å². The number of rotatable bonds is 4. The second-order valence-corrected chi connectivity index (χ2v) is 4.53. The Hall–Kier alpha value is -1.59. The Kier molecular flexibility index (Phi) is 4.07. The Morgan fingerprint density at radius 3 is 2.16 bits per heavy atom. The van der Waals surface area contributed by atoms with Crippen LogP contribution in [0, 0.1) is 29.2 Å². The molecule has 2 nitrogen and oxygen atoms in total. The molecular weight excluding hydrogens is 264 g/mol. The summed E-state index contributed by atoms with van der Waals surface area (Å²) in [6.45, 7) is -0.582. The van der Waals surface area contributed by atoms with Gasteiger partial charge in [0.1, 0.15) is 6.61 Å². The number of carbonyl (C=O) groups is 1. The number of ketones is 1. The Balaban J connectivity index is 2.09. The predicted octanol–water partition coefficient (Wildman–Crippen LogP) is 3.38. The molecule has 0 amide bonds. The van der Waals surface area contributed by atoms with Crippen molar-refractivity contribution in [3.05, 3.63) is 29.3 Å². The molecule has 19 heavy (non-hydrogen) atoms. The van der Waals surface area contributed by atoms with E-state index in [1.54, 1.807) is 0 Å². The van der Waals surface area contributed by atoms with Crippen molar-refractivity contribution in [3.8, 4) is 5.75 Å². The smallest absolute Gasteiger partial charge is 0.203 e. The fourth-order valence-electron chi connectivity index (χ4n) is 2.19. The third-order valence-electron chi connectivity index (χ3n) is 3.24. The highest BCUT2D eigenvalue weighted by Gasteiger charge is 2.25. The minimum Gasteiger partial charge on any atom is -0.480 e. The maximum Gasteiger partial charge on any atom is 0.203 e. The van der Waals surface area contributed by atoms with Crippen molar-refractivity contribution in [2.75, 3.05) is 6.61 Å². The summed E-state index contributed by atoms with van der Waals surface area (Å²) in [5.41, 5.74) is 0. The normalized spacial score (nSPS) is 15.8. The van der Waals surface area contributed by atoms with Crippen LogP contribution in [0.4, 0.5) is 17.6 Å². The van der Waals surface area contributed by atoms with Crippen LogP contribution in [-0.4, -0.2) is 12.4 Å². The second-order valence-electron chi connectivity index (χ2n) is 4.53. The zero-order valence-electron chi connectivity index (χ0n) is 10.0. The summed E-state index contributed by atoms with van der Waals surface area (Å²) < 4.78 is 56.9. The van der Waals surface area contributed by atoms with Crippen LogP contribution < -0.4 is 4.74 Å². The first-order chi connectivity index (χ1) is 9.00. The van der Waals surface area contributed by atoms with Gasteiger partial charge in [-0.2, -0.15) is 8.78 Å². The van der Waals surface area contributed by atoms with Crippen LogP contribution in [0.25, 0.3) is 0 Å². The maximum absolute atomic E-state index is 13.3. The van der Waals surface area contributed by atoms with E-state index in [-0.39, 0.29) is 17.8 Å². The summed E-state index contributed by atoms with van der Waals surface area (Å²) in [6, 6.07) is 0.0936. The van der Waals surface area contributed by atoms with Gasteiger partial charge < -0.3 is 4.74 Å². The zero-order valence-corrected chi connectivity index (χ0v) is 10.0. The predicted molar refractivity (Wildman–Crippen MR) is 58.7 cm³/mol. The van der Waals surface area contributed by atoms with Crippen LogP contribution in [0.15, 0.2) is 6.07 Å². The summed E-state index contributed by atoms with van der Waals surface area (Å²) in [5.74, 6) is -8.03. The third kappa shape index (κ3) is 2.88. The molecule has 1 aliphatic rings. The lowest BCUT2D eigenvalue weighted by atomic mass is 10.0. The van der Waals surface area contributed by atoms with Gasteiger partial charge in [-0.05, 0) is 12.8 Å². The molecule has 0 spiro atoms. The number of benzene rings is 1. The highest BCUT2D eigenvalue weighted by atomic mass is 19.2. The molecule has 2 rings (SSSR count). The van der Waals surface area contributed by atoms with Crippen LogP contribution in [0.3, 0.4) is 0 Å². The summed E-state index contributed by atoms with van der Waals surface area (Å²) in [4.78, 5) is 11.7. The zero-order chi connectivity index (χ0) is 14.0. The van der Waals surface area contributed by atoms with Gasteiger partial charge in [-0.15, -0.1) is 0 Å². The van der Waals surface area contributed by atoms with E-state index < -0.39 is 35.6 Å². The number of hydrogen-bond donors (Lipinski definition) is 0. The number of hydrogen-bond acceptors (Lipinski definition) is 2. The van der Waals surface area contributed by atoms with Crippen molar-refractivity contribution in [2.45, 2.75) is 25.7 Å². The van der Waals surface area contributed by atoms with E-state index in [4.69, 9.17) is 0 Å². The van der Waals surface area contributed by atoms with Gasteiger partial charge in [0.25, 0.3) is 0 Å². The van der Waals surface area contributed by atoms with Crippen LogP contribution >= 0.6 is 0 Å². The molecule has 104 valence electrons. The van der Waals surface area contributed by atoms with Gasteiger partial charge in [-0.1, -0.05) is 12.8 Å². The first-order valence-corrected chi connectivity index (χ1v) is 5.99. The number of halogens is 4. The maximum atomic E-state index is 13.3. The molecule has 0 N–H and O–H groups in total. The Morgan fingerprint density at radius 1 is 1.11 bits per heavy atom. The molecule has 0 radical (unpaired) electrons. The van der Waals surface area contributed by atoms with Crippen LogP contribution in [-0.2, 0) is 4.79 Å². The van der Waals surface area contributed by atoms with E-state index >= 15 is 0 Å². The van der Waals surface area contributed by atoms with Crippen molar-refractivity contribution < 1.29 is 27.1 Å². The second kappa shape index (κ2) is 5.59. The van der Waals surface area contributed by atoms with E-state index in [0.717, 1.165) is 12.8 Å². The molecule has 1 aliphatic carbocycles. The molecule has 1 saturated carbocycles. The topological polar surface area (TPSA) is 26.3 Å². The molecule has 0 saturated heterocycles. The fraction of sp³-hybridized carbons (Fsp3) is 0.462. The van der Waals surface area contributed by atoms with Crippen molar-refractivity contribution in [3.63, 3.8) is 0 Å². The van der Waals surface area contributed by atoms with Crippen LogP contribution in [0.2, 0.25) is 0 Å². The largest absolute Gasteiger partial charge is 0.480 e. The van der Waals surface area contributed by atoms with Gasteiger partial charge in [0.05, 0.1) is 0 Å². The lowest BCUT2D eigenvalue weighted by molar-refractivity contribution is -0.124. The summed E-state index contributed by atoms with van der Waals surface area (Å²) in [6.07, 6.45) is 3.27. The lowest BCUT2D eigenvalue weighted by Gasteiger charge is -2.11. The van der Waals surface area contributed by atoms with Crippen molar-refractivity contribution >= 4 is 5.78 Å². The molecule has 1 fully saturated rings. The SMILES string of the molecule is O=C(COc1c(F)c(F)cc(F)c1F)C1CCCC1. The molecule has 1 aromatic rings. The van der Waals surface area contributed by atoms with Gasteiger partial charge in [0, 0.05) is 12.0 Å². The lowest BCUT2D eigenvalue weighted by Crippen LogP contribution is -2.20. The highest BCUT2D eigenvalue weighted by molar-refractivity contribution is 5.82. The molecule has 1 aromatic carbocycles.